The lowest BCUT2D eigenvalue weighted by molar-refractivity contribution is 0.138. The first-order chi connectivity index (χ1) is 13.7. The molecule has 29 heavy (non-hydrogen) atoms. The molecule has 1 aromatic rings. The molecule has 1 atom stereocenters. The molecule has 1 aromatic carbocycles. The first-order valence-electron chi connectivity index (χ1n) is 10.9. The van der Waals surface area contributed by atoms with Crippen molar-refractivity contribution in [2.24, 2.45) is 10.4 Å². The number of nitrogens with zero attached hydrogens (tertiary/aromatic N) is 2. The highest BCUT2D eigenvalue weighted by Gasteiger charge is 2.33. The predicted octanol–water partition coefficient (Wildman–Crippen LogP) is 3.81. The number of rotatable bonds is 8. The molecule has 2 aliphatic rings. The van der Waals surface area contributed by atoms with Gasteiger partial charge in [0.15, 0.2) is 5.96 Å². The van der Waals surface area contributed by atoms with Crippen molar-refractivity contribution in [2.45, 2.75) is 58.0 Å². The van der Waals surface area contributed by atoms with Gasteiger partial charge in [-0.15, -0.1) is 24.0 Å². The third-order valence-electron chi connectivity index (χ3n) is 6.70. The van der Waals surface area contributed by atoms with E-state index in [0.717, 1.165) is 51.6 Å². The van der Waals surface area contributed by atoms with Crippen molar-refractivity contribution in [1.82, 2.24) is 15.5 Å². The van der Waals surface area contributed by atoms with Crippen molar-refractivity contribution < 1.29 is 4.74 Å². The maximum Gasteiger partial charge on any atom is 0.191 e. The number of guanidine groups is 1. The Morgan fingerprint density at radius 1 is 1.21 bits per heavy atom. The lowest BCUT2D eigenvalue weighted by Gasteiger charge is -2.34. The summed E-state index contributed by atoms with van der Waals surface area (Å²) in [6.07, 6.45) is 7.55. The average Bonchev–Trinajstić information content (AvgIpc) is 3.21. The molecular weight excluding hydrogens is 475 g/mol. The number of fused-ring (bicyclic) bond motifs is 1. The Labute approximate surface area is 194 Å². The van der Waals surface area contributed by atoms with Gasteiger partial charge >= 0.3 is 0 Å². The molecule has 0 amide bonds. The van der Waals surface area contributed by atoms with E-state index in [0.29, 0.717) is 11.5 Å². The summed E-state index contributed by atoms with van der Waals surface area (Å²) < 4.78 is 5.35. The van der Waals surface area contributed by atoms with E-state index >= 15 is 0 Å². The summed E-state index contributed by atoms with van der Waals surface area (Å²) >= 11 is 0. The standard InChI is InChI=1S/C23H38N4O.HI/c1-19(27-14-10-20-8-4-5-9-21(20)17-27)16-25-22(24-2)26-18-23(13-15-28-3)11-6-7-12-23;/h4-5,8-9,19H,6-7,10-18H2,1-3H3,(H2,24,25,26);1H. The molecule has 1 fully saturated rings. The molecular formula is C23H39IN4O. The zero-order valence-electron chi connectivity index (χ0n) is 18.4. The van der Waals surface area contributed by atoms with E-state index in [4.69, 9.17) is 4.74 Å². The van der Waals surface area contributed by atoms with Crippen LogP contribution >= 0.6 is 24.0 Å². The van der Waals surface area contributed by atoms with E-state index in [2.05, 4.69) is 51.7 Å². The molecule has 164 valence electrons. The van der Waals surface area contributed by atoms with E-state index in [1.165, 1.54) is 36.8 Å². The number of methoxy groups -OCH3 is 1. The molecule has 1 aliphatic carbocycles. The number of benzene rings is 1. The van der Waals surface area contributed by atoms with Crippen molar-refractivity contribution in [1.29, 1.82) is 0 Å². The average molecular weight is 514 g/mol. The van der Waals surface area contributed by atoms with Crippen LogP contribution in [0.1, 0.15) is 50.2 Å². The number of hydrogen-bond donors (Lipinski definition) is 2. The molecule has 1 saturated carbocycles. The number of halogens is 1. The maximum absolute atomic E-state index is 5.35. The summed E-state index contributed by atoms with van der Waals surface area (Å²) in [5, 5.41) is 7.15. The van der Waals surface area contributed by atoms with Gasteiger partial charge < -0.3 is 15.4 Å². The largest absolute Gasteiger partial charge is 0.385 e. The van der Waals surface area contributed by atoms with Gasteiger partial charge in [-0.05, 0) is 49.1 Å². The molecule has 0 bridgehead atoms. The minimum absolute atomic E-state index is 0. The zero-order chi connectivity index (χ0) is 19.8. The van der Waals surface area contributed by atoms with E-state index in [1.807, 2.05) is 7.05 Å². The van der Waals surface area contributed by atoms with Crippen molar-refractivity contribution in [3.63, 3.8) is 0 Å². The minimum Gasteiger partial charge on any atom is -0.385 e. The Bertz CT molecular complexity index is 646. The van der Waals surface area contributed by atoms with Crippen LogP contribution in [-0.4, -0.2) is 57.3 Å². The highest BCUT2D eigenvalue weighted by atomic mass is 127. The molecule has 1 aliphatic heterocycles. The highest BCUT2D eigenvalue weighted by Crippen LogP contribution is 2.40. The molecule has 0 saturated heterocycles. The van der Waals surface area contributed by atoms with Crippen LogP contribution in [0, 0.1) is 5.41 Å². The number of hydrogen-bond acceptors (Lipinski definition) is 3. The number of nitrogens with one attached hydrogen (secondary N) is 2. The third kappa shape index (κ3) is 6.82. The van der Waals surface area contributed by atoms with Crippen LogP contribution in [0.15, 0.2) is 29.3 Å². The molecule has 2 N–H and O–H groups in total. The molecule has 5 nitrogen and oxygen atoms in total. The van der Waals surface area contributed by atoms with Crippen molar-refractivity contribution in [2.75, 3.05) is 40.4 Å². The lowest BCUT2D eigenvalue weighted by atomic mass is 9.83. The molecule has 1 heterocycles. The van der Waals surface area contributed by atoms with Crippen LogP contribution < -0.4 is 10.6 Å². The number of ether oxygens (including phenoxy) is 1. The summed E-state index contributed by atoms with van der Waals surface area (Å²) in [4.78, 5) is 7.03. The lowest BCUT2D eigenvalue weighted by Crippen LogP contribution is -2.49. The monoisotopic (exact) mass is 514 g/mol. The normalized spacial score (nSPS) is 19.9. The highest BCUT2D eigenvalue weighted by molar-refractivity contribution is 14.0. The van der Waals surface area contributed by atoms with Crippen LogP contribution in [0.25, 0.3) is 0 Å². The Morgan fingerprint density at radius 2 is 1.93 bits per heavy atom. The summed E-state index contributed by atoms with van der Waals surface area (Å²) in [7, 11) is 3.67. The summed E-state index contributed by atoms with van der Waals surface area (Å²) in [5.74, 6) is 0.924. The molecule has 1 unspecified atom stereocenters. The van der Waals surface area contributed by atoms with Crippen molar-refractivity contribution in [3.05, 3.63) is 35.4 Å². The SMILES string of the molecule is CN=C(NCC(C)N1CCc2ccccc2C1)NCC1(CCOC)CCCC1.I. The second-order valence-corrected chi connectivity index (χ2v) is 8.59. The van der Waals surface area contributed by atoms with Crippen LogP contribution in [0.2, 0.25) is 0 Å². The molecule has 0 spiro atoms. The van der Waals surface area contributed by atoms with Crippen molar-refractivity contribution in [3.8, 4) is 0 Å². The van der Waals surface area contributed by atoms with Gasteiger partial charge in [0.25, 0.3) is 0 Å². The summed E-state index contributed by atoms with van der Waals surface area (Å²) in [5.41, 5.74) is 3.36. The summed E-state index contributed by atoms with van der Waals surface area (Å²) in [6, 6.07) is 9.31. The molecule has 0 radical (unpaired) electrons. The van der Waals surface area contributed by atoms with Gasteiger partial charge in [0.05, 0.1) is 0 Å². The van der Waals surface area contributed by atoms with Gasteiger partial charge in [0.1, 0.15) is 0 Å². The van der Waals surface area contributed by atoms with Crippen LogP contribution in [0.4, 0.5) is 0 Å². The Kier molecular flexibility index (Phi) is 10.2. The summed E-state index contributed by atoms with van der Waals surface area (Å²) in [6.45, 7) is 7.23. The van der Waals surface area contributed by atoms with Gasteiger partial charge in [0, 0.05) is 53.0 Å². The molecule has 0 aromatic heterocycles. The Morgan fingerprint density at radius 3 is 2.62 bits per heavy atom. The van der Waals surface area contributed by atoms with Gasteiger partial charge in [-0.25, -0.2) is 0 Å². The minimum atomic E-state index is 0. The molecule has 3 rings (SSSR count). The first kappa shape index (κ1) is 24.4. The smallest absolute Gasteiger partial charge is 0.191 e. The van der Waals surface area contributed by atoms with Gasteiger partial charge in [-0.2, -0.15) is 0 Å². The third-order valence-corrected chi connectivity index (χ3v) is 6.70. The second-order valence-electron chi connectivity index (χ2n) is 8.59. The van der Waals surface area contributed by atoms with E-state index < -0.39 is 0 Å². The fraction of sp³-hybridized carbons (Fsp3) is 0.696. The fourth-order valence-electron chi connectivity index (χ4n) is 4.72. The van der Waals surface area contributed by atoms with Crippen LogP contribution in [-0.2, 0) is 17.7 Å². The van der Waals surface area contributed by atoms with Gasteiger partial charge in [0.2, 0.25) is 0 Å². The van der Waals surface area contributed by atoms with E-state index in [-0.39, 0.29) is 24.0 Å². The molecule has 6 heteroatoms. The van der Waals surface area contributed by atoms with Crippen molar-refractivity contribution >= 4 is 29.9 Å². The topological polar surface area (TPSA) is 48.9 Å². The van der Waals surface area contributed by atoms with Crippen LogP contribution in [0.5, 0.6) is 0 Å². The fourth-order valence-corrected chi connectivity index (χ4v) is 4.72. The van der Waals surface area contributed by atoms with Gasteiger partial charge in [-0.3, -0.25) is 9.89 Å². The van der Waals surface area contributed by atoms with E-state index in [9.17, 15) is 0 Å². The Hall–Kier alpha value is -0.860. The van der Waals surface area contributed by atoms with Crippen LogP contribution in [0.3, 0.4) is 0 Å². The Balaban J connectivity index is 0.00000300. The quantitative estimate of drug-likeness (QED) is 0.315. The first-order valence-corrected chi connectivity index (χ1v) is 10.9. The number of aliphatic imine (C=N–C) groups is 1. The van der Waals surface area contributed by atoms with Gasteiger partial charge in [-0.1, -0.05) is 37.1 Å². The van der Waals surface area contributed by atoms with E-state index in [1.54, 1.807) is 7.11 Å². The predicted molar refractivity (Wildman–Crippen MR) is 132 cm³/mol. The second kappa shape index (κ2) is 12.1. The zero-order valence-corrected chi connectivity index (χ0v) is 20.7. The maximum atomic E-state index is 5.35.